The minimum Gasteiger partial charge on any atom is -0.408 e. The summed E-state index contributed by atoms with van der Waals surface area (Å²) in [6.45, 7) is 0. The van der Waals surface area contributed by atoms with Crippen LogP contribution in [0.15, 0.2) is 68.8 Å². The Kier molecular flexibility index (Phi) is 3.36. The lowest BCUT2D eigenvalue weighted by molar-refractivity contribution is 0.527. The molecule has 7 nitrogen and oxygen atoms in total. The Hall–Kier alpha value is -3.13. The number of hydrogen-bond acceptors (Lipinski definition) is 5. The molecule has 0 atom stereocenters. The lowest BCUT2D eigenvalue weighted by Gasteiger charge is -2.10. The van der Waals surface area contributed by atoms with Gasteiger partial charge in [-0.2, -0.15) is 0 Å². The Labute approximate surface area is 142 Å². The minimum absolute atomic E-state index is 0.00948. The van der Waals surface area contributed by atoms with Gasteiger partial charge in [-0.3, -0.25) is 14.3 Å². The van der Waals surface area contributed by atoms with E-state index in [1.54, 1.807) is 49.6 Å². The molecule has 0 saturated heterocycles. The summed E-state index contributed by atoms with van der Waals surface area (Å²) in [5.74, 6) is -0.544. The third kappa shape index (κ3) is 2.56. The van der Waals surface area contributed by atoms with E-state index in [0.29, 0.717) is 22.1 Å². The van der Waals surface area contributed by atoms with Gasteiger partial charge < -0.3 is 4.42 Å². The normalized spacial score (nSPS) is 11.9. The number of hydrogen-bond donors (Lipinski definition) is 1. The molecule has 1 N–H and O–H groups in total. The van der Waals surface area contributed by atoms with Crippen LogP contribution in [-0.2, 0) is 17.1 Å². The highest BCUT2D eigenvalue weighted by atomic mass is 32.2. The maximum atomic E-state index is 12.7. The summed E-state index contributed by atoms with van der Waals surface area (Å²) in [7, 11) is -2.29. The van der Waals surface area contributed by atoms with Crippen LogP contribution in [0.25, 0.3) is 22.0 Å². The standard InChI is InChI=1S/C17H13N3O4S/c1-20-15-8-7-11(10-16(15)24-17(20)21)25(22,23)19-14-6-2-5-13-12(14)4-3-9-18-13/h2-10,19H,1H3. The second-order valence-corrected chi connectivity index (χ2v) is 7.22. The number of sulfonamides is 1. The summed E-state index contributed by atoms with van der Waals surface area (Å²) < 4.78 is 34.4. The molecule has 4 aromatic rings. The van der Waals surface area contributed by atoms with E-state index in [2.05, 4.69) is 9.71 Å². The lowest BCUT2D eigenvalue weighted by atomic mass is 10.2. The Bertz CT molecular complexity index is 1270. The number of rotatable bonds is 3. The molecule has 0 unspecified atom stereocenters. The molecule has 2 aromatic heterocycles. The highest BCUT2D eigenvalue weighted by molar-refractivity contribution is 7.92. The van der Waals surface area contributed by atoms with E-state index < -0.39 is 15.8 Å². The van der Waals surface area contributed by atoms with Crippen LogP contribution in [0.5, 0.6) is 0 Å². The third-order valence-corrected chi connectivity index (χ3v) is 5.33. The van der Waals surface area contributed by atoms with Crippen molar-refractivity contribution < 1.29 is 12.8 Å². The number of aromatic nitrogens is 2. The first-order chi connectivity index (χ1) is 12.0. The highest BCUT2D eigenvalue weighted by Crippen LogP contribution is 2.25. The Morgan fingerprint density at radius 3 is 2.80 bits per heavy atom. The van der Waals surface area contributed by atoms with Crippen molar-refractivity contribution in [2.45, 2.75) is 4.90 Å². The maximum absolute atomic E-state index is 12.7. The molecule has 0 amide bonds. The summed E-state index contributed by atoms with van der Waals surface area (Å²) >= 11 is 0. The Balaban J connectivity index is 1.80. The number of anilines is 1. The molecule has 0 spiro atoms. The van der Waals surface area contributed by atoms with E-state index in [4.69, 9.17) is 4.42 Å². The second-order valence-electron chi connectivity index (χ2n) is 5.54. The molecule has 0 aliphatic rings. The van der Waals surface area contributed by atoms with Crippen molar-refractivity contribution in [3.8, 4) is 0 Å². The molecular formula is C17H13N3O4S. The summed E-state index contributed by atoms with van der Waals surface area (Å²) in [5, 5.41) is 0.695. The van der Waals surface area contributed by atoms with Crippen molar-refractivity contribution in [1.82, 2.24) is 9.55 Å². The summed E-state index contributed by atoms with van der Waals surface area (Å²) in [5.41, 5.74) is 1.86. The molecule has 25 heavy (non-hydrogen) atoms. The van der Waals surface area contributed by atoms with E-state index >= 15 is 0 Å². The fourth-order valence-electron chi connectivity index (χ4n) is 2.68. The van der Waals surface area contributed by atoms with Crippen LogP contribution >= 0.6 is 0 Å². The zero-order chi connectivity index (χ0) is 17.6. The van der Waals surface area contributed by atoms with E-state index in [-0.39, 0.29) is 10.5 Å². The van der Waals surface area contributed by atoms with Crippen molar-refractivity contribution in [3.63, 3.8) is 0 Å². The van der Waals surface area contributed by atoms with Crippen LogP contribution < -0.4 is 10.5 Å². The predicted octanol–water partition coefficient (Wildman–Crippen LogP) is 2.48. The van der Waals surface area contributed by atoms with Crippen LogP contribution in [0.4, 0.5) is 5.69 Å². The molecule has 4 rings (SSSR count). The smallest absolute Gasteiger partial charge is 0.408 e. The summed E-state index contributed by atoms with van der Waals surface area (Å²) in [6, 6.07) is 13.0. The van der Waals surface area contributed by atoms with Gasteiger partial charge in [-0.05, 0) is 36.4 Å². The first-order valence-electron chi connectivity index (χ1n) is 7.42. The van der Waals surface area contributed by atoms with Crippen molar-refractivity contribution in [1.29, 1.82) is 0 Å². The van der Waals surface area contributed by atoms with Crippen LogP contribution in [-0.4, -0.2) is 18.0 Å². The van der Waals surface area contributed by atoms with Crippen molar-refractivity contribution in [2.75, 3.05) is 4.72 Å². The zero-order valence-electron chi connectivity index (χ0n) is 13.1. The molecule has 0 bridgehead atoms. The summed E-state index contributed by atoms with van der Waals surface area (Å²) in [6.07, 6.45) is 1.64. The van der Waals surface area contributed by atoms with Gasteiger partial charge >= 0.3 is 5.76 Å². The predicted molar refractivity (Wildman–Crippen MR) is 94.0 cm³/mol. The lowest BCUT2D eigenvalue weighted by Crippen LogP contribution is -2.13. The number of oxazole rings is 1. The number of pyridine rings is 1. The first kappa shape index (κ1) is 15.4. The van der Waals surface area contributed by atoms with E-state index in [1.165, 1.54) is 16.7 Å². The van der Waals surface area contributed by atoms with E-state index in [1.807, 2.05) is 0 Å². The van der Waals surface area contributed by atoms with Crippen LogP contribution in [0.3, 0.4) is 0 Å². The first-order valence-corrected chi connectivity index (χ1v) is 8.90. The van der Waals surface area contributed by atoms with Gasteiger partial charge in [0.1, 0.15) is 0 Å². The quantitative estimate of drug-likeness (QED) is 0.609. The maximum Gasteiger partial charge on any atom is 0.419 e. The molecule has 0 aliphatic heterocycles. The molecular weight excluding hydrogens is 342 g/mol. The van der Waals surface area contributed by atoms with Gasteiger partial charge in [-0.25, -0.2) is 13.2 Å². The number of nitrogens with one attached hydrogen (secondary N) is 1. The molecule has 2 aromatic carbocycles. The van der Waals surface area contributed by atoms with Gasteiger partial charge in [0.2, 0.25) is 0 Å². The third-order valence-electron chi connectivity index (χ3n) is 3.96. The van der Waals surface area contributed by atoms with Gasteiger partial charge in [-0.1, -0.05) is 6.07 Å². The molecule has 0 aliphatic carbocycles. The number of fused-ring (bicyclic) bond motifs is 2. The average molecular weight is 355 g/mol. The van der Waals surface area contributed by atoms with Gasteiger partial charge in [0, 0.05) is 24.7 Å². The highest BCUT2D eigenvalue weighted by Gasteiger charge is 2.18. The van der Waals surface area contributed by atoms with Crippen molar-refractivity contribution in [2.24, 2.45) is 7.05 Å². The molecule has 0 fully saturated rings. The van der Waals surface area contributed by atoms with Crippen LogP contribution in [0, 0.1) is 0 Å². The van der Waals surface area contributed by atoms with Crippen molar-refractivity contribution >= 4 is 37.7 Å². The number of nitrogens with zero attached hydrogens (tertiary/aromatic N) is 2. The molecule has 2 heterocycles. The monoisotopic (exact) mass is 355 g/mol. The zero-order valence-corrected chi connectivity index (χ0v) is 13.9. The SMILES string of the molecule is Cn1c(=O)oc2cc(S(=O)(=O)Nc3cccc4ncccc34)ccc21. The van der Waals surface area contributed by atoms with Crippen LogP contribution in [0.2, 0.25) is 0 Å². The van der Waals surface area contributed by atoms with Gasteiger partial charge in [-0.15, -0.1) is 0 Å². The summed E-state index contributed by atoms with van der Waals surface area (Å²) in [4.78, 5) is 15.8. The van der Waals surface area contributed by atoms with E-state index in [9.17, 15) is 13.2 Å². The molecule has 126 valence electrons. The largest absolute Gasteiger partial charge is 0.419 e. The van der Waals surface area contributed by atoms with Gasteiger partial charge in [0.25, 0.3) is 10.0 Å². The fourth-order valence-corrected chi connectivity index (χ4v) is 3.77. The molecule has 8 heteroatoms. The topological polar surface area (TPSA) is 94.2 Å². The number of aryl methyl sites for hydroxylation is 1. The second kappa shape index (κ2) is 5.45. The fraction of sp³-hybridized carbons (Fsp3) is 0.0588. The Morgan fingerprint density at radius 1 is 1.12 bits per heavy atom. The van der Waals surface area contributed by atoms with E-state index in [0.717, 1.165) is 0 Å². The molecule has 0 radical (unpaired) electrons. The van der Waals surface area contributed by atoms with Crippen LogP contribution in [0.1, 0.15) is 0 Å². The van der Waals surface area contributed by atoms with Gasteiger partial charge in [0.05, 0.1) is 21.6 Å². The van der Waals surface area contributed by atoms with Gasteiger partial charge in [0.15, 0.2) is 5.58 Å². The van der Waals surface area contributed by atoms with Crippen molar-refractivity contribution in [3.05, 3.63) is 65.3 Å². The minimum atomic E-state index is -3.85. The average Bonchev–Trinajstić information content (AvgIpc) is 2.89. The Morgan fingerprint density at radius 2 is 1.96 bits per heavy atom. The number of benzene rings is 2. The molecule has 0 saturated carbocycles.